The summed E-state index contributed by atoms with van der Waals surface area (Å²) in [7, 11) is 3.48. The fraction of sp³-hybridized carbons (Fsp3) is 0.500. The molecule has 0 radical (unpaired) electrons. The fourth-order valence-corrected chi connectivity index (χ4v) is 2.57. The van der Waals surface area contributed by atoms with Gasteiger partial charge >= 0.3 is 0 Å². The Labute approximate surface area is 118 Å². The van der Waals surface area contributed by atoms with Crippen molar-refractivity contribution in [3.8, 4) is 5.75 Å². The predicted octanol–water partition coefficient (Wildman–Crippen LogP) is 2.17. The summed E-state index contributed by atoms with van der Waals surface area (Å²) in [5, 5.41) is 3.80. The summed E-state index contributed by atoms with van der Waals surface area (Å²) in [5.74, 6) is 0.539. The van der Waals surface area contributed by atoms with E-state index < -0.39 is 0 Å². The van der Waals surface area contributed by atoms with Crippen LogP contribution in [0.4, 0.5) is 0 Å². The van der Waals surface area contributed by atoms with Crippen LogP contribution in [0.25, 0.3) is 0 Å². The van der Waals surface area contributed by atoms with Crippen molar-refractivity contribution in [2.45, 2.75) is 18.9 Å². The Morgan fingerprint density at radius 3 is 3.00 bits per heavy atom. The van der Waals surface area contributed by atoms with E-state index in [9.17, 15) is 4.79 Å². The van der Waals surface area contributed by atoms with Gasteiger partial charge in [-0.15, -0.1) is 0 Å². The van der Waals surface area contributed by atoms with Gasteiger partial charge in [0.25, 0.3) is 5.91 Å². The summed E-state index contributed by atoms with van der Waals surface area (Å²) >= 11 is 5.92. The maximum absolute atomic E-state index is 12.5. The largest absolute Gasteiger partial charge is 0.496 e. The zero-order valence-electron chi connectivity index (χ0n) is 11.3. The number of nitrogens with zero attached hydrogens (tertiary/aromatic N) is 1. The Hall–Kier alpha value is -1.26. The lowest BCUT2D eigenvalue weighted by molar-refractivity contribution is 0.0695. The second-order valence-electron chi connectivity index (χ2n) is 4.72. The number of likely N-dealkylation sites (N-methyl/N-ethyl adjacent to an activating group) is 1. The highest BCUT2D eigenvalue weighted by Gasteiger charge is 2.25. The van der Waals surface area contributed by atoms with Gasteiger partial charge < -0.3 is 15.0 Å². The van der Waals surface area contributed by atoms with Gasteiger partial charge in [0.1, 0.15) is 5.75 Å². The molecular formula is C14H19ClN2O2. The number of carbonyl (C=O) groups excluding carboxylic acids is 1. The highest BCUT2D eigenvalue weighted by atomic mass is 35.5. The van der Waals surface area contributed by atoms with Crippen LogP contribution in [-0.2, 0) is 0 Å². The number of nitrogens with one attached hydrogen (secondary N) is 1. The van der Waals surface area contributed by atoms with Gasteiger partial charge in [-0.05, 0) is 38.1 Å². The molecular weight excluding hydrogens is 264 g/mol. The minimum Gasteiger partial charge on any atom is -0.496 e. The second-order valence-corrected chi connectivity index (χ2v) is 5.16. The summed E-state index contributed by atoms with van der Waals surface area (Å²) in [4.78, 5) is 14.4. The first kappa shape index (κ1) is 14.2. The quantitative estimate of drug-likeness (QED) is 0.924. The summed E-state index contributed by atoms with van der Waals surface area (Å²) in [5.41, 5.74) is 0.573. The van der Waals surface area contributed by atoms with Crippen molar-refractivity contribution in [1.29, 1.82) is 0 Å². The molecule has 1 aromatic carbocycles. The van der Waals surface area contributed by atoms with E-state index in [2.05, 4.69) is 5.32 Å². The normalized spacial score (nSPS) is 19.3. The summed E-state index contributed by atoms with van der Waals surface area (Å²) in [6.45, 7) is 1.53. The zero-order chi connectivity index (χ0) is 13.8. The third kappa shape index (κ3) is 3.19. The van der Waals surface area contributed by atoms with Crippen LogP contribution in [0.5, 0.6) is 5.75 Å². The van der Waals surface area contributed by atoms with Crippen LogP contribution >= 0.6 is 11.6 Å². The number of hydrogen-bond donors (Lipinski definition) is 1. The first-order valence-corrected chi connectivity index (χ1v) is 6.83. The number of halogens is 1. The molecule has 19 heavy (non-hydrogen) atoms. The van der Waals surface area contributed by atoms with Crippen molar-refractivity contribution >= 4 is 17.5 Å². The smallest absolute Gasteiger partial charge is 0.257 e. The number of carbonyl (C=O) groups is 1. The van der Waals surface area contributed by atoms with Crippen LogP contribution in [-0.4, -0.2) is 44.1 Å². The molecule has 1 atom stereocenters. The molecule has 1 aliphatic rings. The molecule has 1 aromatic rings. The summed E-state index contributed by atoms with van der Waals surface area (Å²) < 4.78 is 5.24. The molecule has 104 valence electrons. The van der Waals surface area contributed by atoms with Crippen molar-refractivity contribution in [3.05, 3.63) is 28.8 Å². The Morgan fingerprint density at radius 1 is 1.53 bits per heavy atom. The number of ether oxygens (including phenoxy) is 1. The van der Waals surface area contributed by atoms with Crippen molar-refractivity contribution in [3.63, 3.8) is 0 Å². The van der Waals surface area contributed by atoms with E-state index in [0.717, 1.165) is 25.9 Å². The van der Waals surface area contributed by atoms with Crippen LogP contribution in [0, 0.1) is 0 Å². The molecule has 1 aliphatic heterocycles. The number of likely N-dealkylation sites (tertiary alicyclic amines) is 1. The van der Waals surface area contributed by atoms with Crippen LogP contribution in [0.15, 0.2) is 18.2 Å². The van der Waals surface area contributed by atoms with Gasteiger partial charge in [0.15, 0.2) is 0 Å². The third-order valence-corrected chi connectivity index (χ3v) is 3.75. The topological polar surface area (TPSA) is 41.6 Å². The summed E-state index contributed by atoms with van der Waals surface area (Å²) in [6.07, 6.45) is 2.13. The molecule has 1 heterocycles. The lowest BCUT2D eigenvalue weighted by Crippen LogP contribution is -2.47. The fourth-order valence-electron chi connectivity index (χ4n) is 2.41. The number of rotatable bonds is 3. The molecule has 0 bridgehead atoms. The monoisotopic (exact) mass is 282 g/mol. The number of amides is 1. The minimum atomic E-state index is 0.00784. The molecule has 2 rings (SSSR count). The van der Waals surface area contributed by atoms with Gasteiger partial charge in [-0.2, -0.15) is 0 Å². The summed E-state index contributed by atoms with van der Waals surface area (Å²) in [6, 6.07) is 5.49. The number of methoxy groups -OCH3 is 1. The van der Waals surface area contributed by atoms with E-state index in [0.29, 0.717) is 22.4 Å². The molecule has 1 amide bonds. The molecule has 1 fully saturated rings. The lowest BCUT2D eigenvalue weighted by atomic mass is 10.0. The average molecular weight is 283 g/mol. The molecule has 1 unspecified atom stereocenters. The number of piperidine rings is 1. The third-order valence-electron chi connectivity index (χ3n) is 3.51. The van der Waals surface area contributed by atoms with Gasteiger partial charge in [0, 0.05) is 24.2 Å². The van der Waals surface area contributed by atoms with Crippen LogP contribution < -0.4 is 10.1 Å². The molecule has 0 spiro atoms. The Morgan fingerprint density at radius 2 is 2.32 bits per heavy atom. The maximum Gasteiger partial charge on any atom is 0.257 e. The van der Waals surface area contributed by atoms with E-state index in [1.807, 2.05) is 11.9 Å². The molecule has 0 aromatic heterocycles. The molecule has 1 N–H and O–H groups in total. The maximum atomic E-state index is 12.5. The van der Waals surface area contributed by atoms with Crippen molar-refractivity contribution < 1.29 is 9.53 Å². The minimum absolute atomic E-state index is 0.00784. The van der Waals surface area contributed by atoms with Crippen molar-refractivity contribution in [2.75, 3.05) is 27.2 Å². The first-order valence-electron chi connectivity index (χ1n) is 6.45. The van der Waals surface area contributed by atoms with Crippen LogP contribution in [0.1, 0.15) is 23.2 Å². The number of hydrogen-bond acceptors (Lipinski definition) is 3. The number of benzene rings is 1. The first-order chi connectivity index (χ1) is 9.15. The van der Waals surface area contributed by atoms with E-state index in [1.165, 1.54) is 0 Å². The predicted molar refractivity (Wildman–Crippen MR) is 76.0 cm³/mol. The SMILES string of the molecule is CNC1CCCN(C(=O)c2ccc(Cl)cc2OC)C1. The molecule has 0 aliphatic carbocycles. The molecule has 0 saturated carbocycles. The Bertz CT molecular complexity index is 465. The van der Waals surface area contributed by atoms with Gasteiger partial charge in [-0.3, -0.25) is 4.79 Å². The van der Waals surface area contributed by atoms with Crippen LogP contribution in [0.2, 0.25) is 5.02 Å². The standard InChI is InChI=1S/C14H19ClN2O2/c1-16-11-4-3-7-17(9-11)14(18)12-6-5-10(15)8-13(12)19-2/h5-6,8,11,16H,3-4,7,9H2,1-2H3. The van der Waals surface area contributed by atoms with Gasteiger partial charge in [0.05, 0.1) is 12.7 Å². The Balaban J connectivity index is 2.19. The van der Waals surface area contributed by atoms with Gasteiger partial charge in [0.2, 0.25) is 0 Å². The average Bonchev–Trinajstić information content (AvgIpc) is 2.46. The van der Waals surface area contributed by atoms with E-state index in [4.69, 9.17) is 16.3 Å². The van der Waals surface area contributed by atoms with Gasteiger partial charge in [-0.1, -0.05) is 11.6 Å². The molecule has 5 heteroatoms. The Kier molecular flexibility index (Phi) is 4.66. The second kappa shape index (κ2) is 6.26. The van der Waals surface area contributed by atoms with E-state index in [1.54, 1.807) is 25.3 Å². The highest BCUT2D eigenvalue weighted by Crippen LogP contribution is 2.25. The van der Waals surface area contributed by atoms with E-state index in [-0.39, 0.29) is 5.91 Å². The highest BCUT2D eigenvalue weighted by molar-refractivity contribution is 6.30. The lowest BCUT2D eigenvalue weighted by Gasteiger charge is -2.32. The molecule has 4 nitrogen and oxygen atoms in total. The van der Waals surface area contributed by atoms with Crippen LogP contribution in [0.3, 0.4) is 0 Å². The van der Waals surface area contributed by atoms with E-state index >= 15 is 0 Å². The van der Waals surface area contributed by atoms with Crippen molar-refractivity contribution in [1.82, 2.24) is 10.2 Å². The molecule has 1 saturated heterocycles. The van der Waals surface area contributed by atoms with Gasteiger partial charge in [-0.25, -0.2) is 0 Å². The zero-order valence-corrected chi connectivity index (χ0v) is 12.0. The van der Waals surface area contributed by atoms with Crippen molar-refractivity contribution in [2.24, 2.45) is 0 Å².